The van der Waals surface area contributed by atoms with Crippen LogP contribution in [0.25, 0.3) is 0 Å². The van der Waals surface area contributed by atoms with Crippen LogP contribution in [0.4, 0.5) is 0 Å². The predicted octanol–water partition coefficient (Wildman–Crippen LogP) is 4.23. The number of nitrogens with one attached hydrogen (secondary N) is 1. The summed E-state index contributed by atoms with van der Waals surface area (Å²) in [6.45, 7) is 5.68. The minimum Gasteiger partial charge on any atom is -0.497 e. The van der Waals surface area contributed by atoms with Crippen molar-refractivity contribution in [3.63, 3.8) is 0 Å². The van der Waals surface area contributed by atoms with Crippen LogP contribution in [0, 0.1) is 0 Å². The van der Waals surface area contributed by atoms with Crippen LogP contribution in [-0.2, 0) is 11.3 Å². The van der Waals surface area contributed by atoms with Crippen molar-refractivity contribution in [1.82, 2.24) is 5.32 Å². The molecular weight excluding hydrogens is 354 g/mol. The second-order valence-corrected chi connectivity index (χ2v) is 7.14. The Hall–Kier alpha value is -2.53. The zero-order chi connectivity index (χ0) is 19.3. The van der Waals surface area contributed by atoms with Crippen LogP contribution in [-0.4, -0.2) is 24.6 Å². The van der Waals surface area contributed by atoms with Crippen LogP contribution in [0.3, 0.4) is 0 Å². The molecule has 0 aromatic heterocycles. The Kier molecular flexibility index (Phi) is 6.27. The second-order valence-electron chi connectivity index (χ2n) is 6.73. The molecule has 0 atom stereocenters. The van der Waals surface area contributed by atoms with E-state index in [1.54, 1.807) is 33.9 Å². The van der Waals surface area contributed by atoms with E-state index in [1.165, 1.54) is 12.1 Å². The number of ether oxygens (including phenoxy) is 2. The number of hydrogen-bond acceptors (Lipinski definition) is 4. The van der Waals surface area contributed by atoms with Crippen molar-refractivity contribution in [3.05, 3.63) is 64.2 Å². The summed E-state index contributed by atoms with van der Waals surface area (Å²) in [6.07, 6.45) is 0. The van der Waals surface area contributed by atoms with Gasteiger partial charge in [-0.1, -0.05) is 23.7 Å². The third-order valence-electron chi connectivity index (χ3n) is 3.44. The van der Waals surface area contributed by atoms with Crippen molar-refractivity contribution in [2.24, 2.45) is 0 Å². The Morgan fingerprint density at radius 2 is 1.85 bits per heavy atom. The highest BCUT2D eigenvalue weighted by molar-refractivity contribution is 6.34. The first-order valence-corrected chi connectivity index (χ1v) is 8.51. The monoisotopic (exact) mass is 375 g/mol. The number of carbonyl (C=O) groups is 2. The molecule has 0 saturated heterocycles. The highest BCUT2D eigenvalue weighted by atomic mass is 35.5. The summed E-state index contributed by atoms with van der Waals surface area (Å²) < 4.78 is 10.5. The van der Waals surface area contributed by atoms with Crippen molar-refractivity contribution in [2.75, 3.05) is 7.11 Å². The van der Waals surface area contributed by atoms with Crippen molar-refractivity contribution >= 4 is 23.5 Å². The molecule has 1 N–H and O–H groups in total. The fraction of sp³-hybridized carbons (Fsp3) is 0.300. The fourth-order valence-corrected chi connectivity index (χ4v) is 2.48. The maximum Gasteiger partial charge on any atom is 0.340 e. The van der Waals surface area contributed by atoms with E-state index in [9.17, 15) is 9.59 Å². The predicted molar refractivity (Wildman–Crippen MR) is 101 cm³/mol. The maximum atomic E-state index is 12.3. The van der Waals surface area contributed by atoms with E-state index in [0.717, 1.165) is 11.3 Å². The summed E-state index contributed by atoms with van der Waals surface area (Å²) in [5, 5.41) is 2.99. The number of amides is 1. The van der Waals surface area contributed by atoms with Gasteiger partial charge in [-0.3, -0.25) is 4.79 Å². The summed E-state index contributed by atoms with van der Waals surface area (Å²) in [6, 6.07) is 11.9. The van der Waals surface area contributed by atoms with Crippen molar-refractivity contribution < 1.29 is 19.1 Å². The number of methoxy groups -OCH3 is 1. The summed E-state index contributed by atoms with van der Waals surface area (Å²) in [5.41, 5.74) is 0.887. The molecule has 0 fully saturated rings. The lowest BCUT2D eigenvalue weighted by Crippen LogP contribution is -2.25. The van der Waals surface area contributed by atoms with Crippen LogP contribution >= 0.6 is 11.6 Å². The van der Waals surface area contributed by atoms with Crippen LogP contribution < -0.4 is 10.1 Å². The van der Waals surface area contributed by atoms with Gasteiger partial charge in [0.1, 0.15) is 11.4 Å². The molecule has 0 aliphatic heterocycles. The number of rotatable bonds is 5. The Bertz CT molecular complexity index is 812. The third-order valence-corrected chi connectivity index (χ3v) is 3.75. The number of hydrogen-bond donors (Lipinski definition) is 1. The van der Waals surface area contributed by atoms with Crippen LogP contribution in [0.15, 0.2) is 42.5 Å². The number of halogens is 1. The number of esters is 1. The highest BCUT2D eigenvalue weighted by Gasteiger charge is 2.20. The fourth-order valence-electron chi connectivity index (χ4n) is 2.22. The standard InChI is InChI=1S/C20H22ClNO4/c1-20(2,3)26-19(24)16-9-8-14(11-17(16)21)18(23)22-12-13-6-5-7-15(10-13)25-4/h5-11H,12H2,1-4H3,(H,22,23). The van der Waals surface area contributed by atoms with E-state index >= 15 is 0 Å². The lowest BCUT2D eigenvalue weighted by Gasteiger charge is -2.20. The zero-order valence-corrected chi connectivity index (χ0v) is 16.0. The van der Waals surface area contributed by atoms with Gasteiger partial charge in [0.15, 0.2) is 0 Å². The Morgan fingerprint density at radius 3 is 2.46 bits per heavy atom. The molecule has 6 heteroatoms. The molecule has 0 saturated carbocycles. The molecule has 2 aromatic rings. The Balaban J connectivity index is 2.05. The second kappa shape index (κ2) is 8.23. The Morgan fingerprint density at radius 1 is 1.12 bits per heavy atom. The largest absolute Gasteiger partial charge is 0.497 e. The van der Waals surface area contributed by atoms with Gasteiger partial charge >= 0.3 is 5.97 Å². The lowest BCUT2D eigenvalue weighted by molar-refractivity contribution is 0.00695. The molecule has 0 radical (unpaired) electrons. The van der Waals surface area contributed by atoms with E-state index < -0.39 is 11.6 Å². The molecule has 138 valence electrons. The smallest absolute Gasteiger partial charge is 0.340 e. The van der Waals surface area contributed by atoms with Gasteiger partial charge in [-0.05, 0) is 56.7 Å². The summed E-state index contributed by atoms with van der Waals surface area (Å²) in [4.78, 5) is 24.4. The zero-order valence-electron chi connectivity index (χ0n) is 15.3. The molecule has 0 spiro atoms. The normalized spacial score (nSPS) is 11.0. The van der Waals surface area contributed by atoms with Crippen LogP contribution in [0.2, 0.25) is 5.02 Å². The molecule has 2 rings (SSSR count). The average molecular weight is 376 g/mol. The molecule has 2 aromatic carbocycles. The highest BCUT2D eigenvalue weighted by Crippen LogP contribution is 2.21. The number of benzene rings is 2. The first kappa shape index (κ1) is 19.8. The van der Waals surface area contributed by atoms with E-state index in [0.29, 0.717) is 12.1 Å². The minimum atomic E-state index is -0.618. The summed E-state index contributed by atoms with van der Waals surface area (Å²) in [7, 11) is 1.59. The molecule has 26 heavy (non-hydrogen) atoms. The van der Waals surface area contributed by atoms with Crippen molar-refractivity contribution in [1.29, 1.82) is 0 Å². The van der Waals surface area contributed by atoms with Crippen molar-refractivity contribution in [2.45, 2.75) is 32.9 Å². The molecule has 0 aliphatic carbocycles. The molecule has 0 bridgehead atoms. The minimum absolute atomic E-state index is 0.174. The molecule has 5 nitrogen and oxygen atoms in total. The van der Waals surface area contributed by atoms with Gasteiger partial charge in [0.05, 0.1) is 17.7 Å². The maximum absolute atomic E-state index is 12.3. The van der Waals surface area contributed by atoms with Gasteiger partial charge in [-0.2, -0.15) is 0 Å². The first-order chi connectivity index (χ1) is 12.2. The van der Waals surface area contributed by atoms with Gasteiger partial charge in [0.25, 0.3) is 5.91 Å². The van der Waals surface area contributed by atoms with E-state index in [1.807, 2.05) is 24.3 Å². The topological polar surface area (TPSA) is 64.6 Å². The quantitative estimate of drug-likeness (QED) is 0.794. The van der Waals surface area contributed by atoms with E-state index in [-0.39, 0.29) is 16.5 Å². The summed E-state index contributed by atoms with van der Waals surface area (Å²) in [5.74, 6) is -0.0854. The third kappa shape index (κ3) is 5.49. The van der Waals surface area contributed by atoms with Gasteiger partial charge in [0.2, 0.25) is 0 Å². The Labute approximate surface area is 158 Å². The summed E-state index contributed by atoms with van der Waals surface area (Å²) >= 11 is 6.16. The first-order valence-electron chi connectivity index (χ1n) is 8.13. The van der Waals surface area contributed by atoms with Crippen LogP contribution in [0.5, 0.6) is 5.75 Å². The SMILES string of the molecule is COc1cccc(CNC(=O)c2ccc(C(=O)OC(C)(C)C)c(Cl)c2)c1. The average Bonchev–Trinajstić information content (AvgIpc) is 2.58. The lowest BCUT2D eigenvalue weighted by atomic mass is 10.1. The molecule has 1 amide bonds. The number of carbonyl (C=O) groups excluding carboxylic acids is 2. The van der Waals surface area contributed by atoms with Gasteiger partial charge in [-0.25, -0.2) is 4.79 Å². The molecule has 0 aliphatic rings. The van der Waals surface area contributed by atoms with Gasteiger partial charge in [0, 0.05) is 12.1 Å². The van der Waals surface area contributed by atoms with Gasteiger partial charge in [-0.15, -0.1) is 0 Å². The van der Waals surface area contributed by atoms with E-state index in [4.69, 9.17) is 21.1 Å². The van der Waals surface area contributed by atoms with Crippen LogP contribution in [0.1, 0.15) is 47.1 Å². The van der Waals surface area contributed by atoms with Gasteiger partial charge < -0.3 is 14.8 Å². The van der Waals surface area contributed by atoms with Crippen molar-refractivity contribution in [3.8, 4) is 5.75 Å². The molecule has 0 heterocycles. The molecular formula is C20H22ClNO4. The molecule has 0 unspecified atom stereocenters. The van der Waals surface area contributed by atoms with E-state index in [2.05, 4.69) is 5.32 Å².